The molecule has 0 radical (unpaired) electrons. The maximum absolute atomic E-state index is 13.0. The van der Waals surface area contributed by atoms with Crippen LogP contribution in [0.15, 0.2) is 42.5 Å². The highest BCUT2D eigenvalue weighted by atomic mass is 16.5. The van der Waals surface area contributed by atoms with Gasteiger partial charge >= 0.3 is 0 Å². The lowest BCUT2D eigenvalue weighted by Gasteiger charge is -2.32. The van der Waals surface area contributed by atoms with Crippen LogP contribution in [0.1, 0.15) is 26.3 Å². The van der Waals surface area contributed by atoms with Crippen LogP contribution >= 0.6 is 0 Å². The fraction of sp³-hybridized carbons (Fsp3) is 0.440. The van der Waals surface area contributed by atoms with Crippen LogP contribution in [-0.4, -0.2) is 93.2 Å². The molecule has 0 bridgehead atoms. The molecular formula is C25H32N4O4. The van der Waals surface area contributed by atoms with E-state index in [2.05, 4.69) is 22.2 Å². The second kappa shape index (κ2) is 10.8. The first-order valence-electron chi connectivity index (χ1n) is 11.4. The van der Waals surface area contributed by atoms with Gasteiger partial charge in [-0.05, 0) is 42.9 Å². The Balaban J connectivity index is 1.47. The largest absolute Gasteiger partial charge is 0.495 e. The average molecular weight is 453 g/mol. The minimum Gasteiger partial charge on any atom is -0.495 e. The first-order valence-corrected chi connectivity index (χ1v) is 11.4. The SMILES string of the molecule is COc1ccc(C(=O)N2CCN(C)CC2)cc1NC(=O)c1cccc(CN2CCOCC2)c1. The Morgan fingerprint density at radius 2 is 1.73 bits per heavy atom. The smallest absolute Gasteiger partial charge is 0.255 e. The van der Waals surface area contributed by atoms with E-state index < -0.39 is 0 Å². The molecule has 2 fully saturated rings. The van der Waals surface area contributed by atoms with Crippen LogP contribution in [0.3, 0.4) is 0 Å². The van der Waals surface area contributed by atoms with E-state index in [4.69, 9.17) is 9.47 Å². The lowest BCUT2D eigenvalue weighted by Crippen LogP contribution is -2.47. The maximum Gasteiger partial charge on any atom is 0.255 e. The number of methoxy groups -OCH3 is 1. The molecule has 1 N–H and O–H groups in total. The van der Waals surface area contributed by atoms with E-state index in [-0.39, 0.29) is 11.8 Å². The Morgan fingerprint density at radius 1 is 0.970 bits per heavy atom. The third-order valence-electron chi connectivity index (χ3n) is 6.18. The summed E-state index contributed by atoms with van der Waals surface area (Å²) in [5, 5.41) is 2.94. The number of benzene rings is 2. The molecule has 2 heterocycles. The Morgan fingerprint density at radius 3 is 2.45 bits per heavy atom. The number of ether oxygens (including phenoxy) is 2. The summed E-state index contributed by atoms with van der Waals surface area (Å²) in [5.74, 6) is 0.248. The van der Waals surface area contributed by atoms with Gasteiger partial charge in [-0.25, -0.2) is 0 Å². The van der Waals surface area contributed by atoms with Gasteiger partial charge in [0.15, 0.2) is 0 Å². The van der Waals surface area contributed by atoms with Gasteiger partial charge in [0.05, 0.1) is 26.0 Å². The molecule has 4 rings (SSSR count). The van der Waals surface area contributed by atoms with Gasteiger partial charge < -0.3 is 24.6 Å². The van der Waals surface area contributed by atoms with Crippen LogP contribution < -0.4 is 10.1 Å². The molecule has 33 heavy (non-hydrogen) atoms. The fourth-order valence-electron chi connectivity index (χ4n) is 4.15. The number of carbonyl (C=O) groups is 2. The quantitative estimate of drug-likeness (QED) is 0.724. The predicted molar refractivity (Wildman–Crippen MR) is 127 cm³/mol. The summed E-state index contributed by atoms with van der Waals surface area (Å²) in [7, 11) is 3.61. The molecular weight excluding hydrogens is 420 g/mol. The Kier molecular flexibility index (Phi) is 7.59. The lowest BCUT2D eigenvalue weighted by molar-refractivity contribution is 0.0342. The second-order valence-corrected chi connectivity index (χ2v) is 8.55. The van der Waals surface area contributed by atoms with E-state index in [9.17, 15) is 9.59 Å². The number of rotatable bonds is 6. The third-order valence-corrected chi connectivity index (χ3v) is 6.18. The summed E-state index contributed by atoms with van der Waals surface area (Å²) in [6.07, 6.45) is 0. The van der Waals surface area contributed by atoms with Crippen LogP contribution in [-0.2, 0) is 11.3 Å². The van der Waals surface area contributed by atoms with E-state index >= 15 is 0 Å². The number of carbonyl (C=O) groups excluding carboxylic acids is 2. The first-order chi connectivity index (χ1) is 16.0. The van der Waals surface area contributed by atoms with E-state index in [0.717, 1.165) is 51.5 Å². The van der Waals surface area contributed by atoms with Crippen molar-refractivity contribution in [2.75, 3.05) is 72.0 Å². The van der Waals surface area contributed by atoms with Crippen molar-refractivity contribution in [3.63, 3.8) is 0 Å². The minimum absolute atomic E-state index is 0.0336. The van der Waals surface area contributed by atoms with E-state index in [1.54, 1.807) is 31.4 Å². The summed E-state index contributed by atoms with van der Waals surface area (Å²) in [5.41, 5.74) is 2.67. The van der Waals surface area contributed by atoms with Gasteiger partial charge in [0.25, 0.3) is 11.8 Å². The first kappa shape index (κ1) is 23.2. The second-order valence-electron chi connectivity index (χ2n) is 8.55. The van der Waals surface area contributed by atoms with Gasteiger partial charge in [0, 0.05) is 56.9 Å². The number of morpholine rings is 1. The monoisotopic (exact) mass is 452 g/mol. The number of piperazine rings is 1. The van der Waals surface area contributed by atoms with Crippen molar-refractivity contribution in [2.45, 2.75) is 6.54 Å². The molecule has 2 saturated heterocycles. The molecule has 0 saturated carbocycles. The van der Waals surface area contributed by atoms with E-state index in [1.165, 1.54) is 0 Å². The van der Waals surface area contributed by atoms with Crippen LogP contribution in [0.5, 0.6) is 5.75 Å². The van der Waals surface area contributed by atoms with Gasteiger partial charge in [0.1, 0.15) is 5.75 Å². The highest BCUT2D eigenvalue weighted by Gasteiger charge is 2.22. The van der Waals surface area contributed by atoms with Crippen molar-refractivity contribution in [1.29, 1.82) is 0 Å². The van der Waals surface area contributed by atoms with Crippen molar-refractivity contribution < 1.29 is 19.1 Å². The van der Waals surface area contributed by atoms with Gasteiger partial charge in [-0.1, -0.05) is 12.1 Å². The van der Waals surface area contributed by atoms with Crippen molar-refractivity contribution >= 4 is 17.5 Å². The van der Waals surface area contributed by atoms with Gasteiger partial charge in [0.2, 0.25) is 0 Å². The molecule has 2 aliphatic heterocycles. The topological polar surface area (TPSA) is 74.4 Å². The normalized spacial score (nSPS) is 17.6. The summed E-state index contributed by atoms with van der Waals surface area (Å²) in [4.78, 5) is 32.4. The number of amides is 2. The highest BCUT2D eigenvalue weighted by Crippen LogP contribution is 2.27. The zero-order valence-electron chi connectivity index (χ0n) is 19.4. The van der Waals surface area contributed by atoms with Crippen molar-refractivity contribution in [3.05, 3.63) is 59.2 Å². The molecule has 0 spiro atoms. The average Bonchev–Trinajstić information content (AvgIpc) is 2.85. The number of nitrogens with one attached hydrogen (secondary N) is 1. The zero-order valence-corrected chi connectivity index (χ0v) is 19.4. The molecule has 2 amide bonds. The number of hydrogen-bond acceptors (Lipinski definition) is 6. The van der Waals surface area contributed by atoms with Crippen molar-refractivity contribution in [2.24, 2.45) is 0 Å². The van der Waals surface area contributed by atoms with Gasteiger partial charge in [-0.3, -0.25) is 14.5 Å². The van der Waals surface area contributed by atoms with Crippen LogP contribution in [0.2, 0.25) is 0 Å². The van der Waals surface area contributed by atoms with Crippen LogP contribution in [0, 0.1) is 0 Å². The highest BCUT2D eigenvalue weighted by molar-refractivity contribution is 6.06. The molecule has 2 aromatic rings. The van der Waals surface area contributed by atoms with E-state index in [0.29, 0.717) is 35.7 Å². The number of likely N-dealkylation sites (N-methyl/N-ethyl adjacent to an activating group) is 1. The third kappa shape index (κ3) is 5.90. The molecule has 0 aromatic heterocycles. The maximum atomic E-state index is 13.0. The minimum atomic E-state index is -0.235. The lowest BCUT2D eigenvalue weighted by atomic mass is 10.1. The standard InChI is InChI=1S/C25H32N4O4/c1-27-8-10-29(11-9-27)25(31)21-6-7-23(32-2)22(17-21)26-24(30)20-5-3-4-19(16-20)18-28-12-14-33-15-13-28/h3-7,16-17H,8-15,18H2,1-2H3,(H,26,30). The summed E-state index contributed by atoms with van der Waals surface area (Å²) in [6, 6.07) is 12.8. The molecule has 176 valence electrons. The Labute approximate surface area is 195 Å². The Hall–Kier alpha value is -2.94. The molecule has 8 heteroatoms. The molecule has 2 aliphatic rings. The molecule has 0 unspecified atom stereocenters. The number of hydrogen-bond donors (Lipinski definition) is 1. The summed E-state index contributed by atoms with van der Waals surface area (Å²) < 4.78 is 10.8. The number of anilines is 1. The molecule has 0 aliphatic carbocycles. The summed E-state index contributed by atoms with van der Waals surface area (Å²) >= 11 is 0. The Bertz CT molecular complexity index is 982. The van der Waals surface area contributed by atoms with Crippen LogP contribution in [0.4, 0.5) is 5.69 Å². The van der Waals surface area contributed by atoms with Crippen molar-refractivity contribution in [3.8, 4) is 5.75 Å². The molecule has 8 nitrogen and oxygen atoms in total. The molecule has 0 atom stereocenters. The van der Waals surface area contributed by atoms with E-state index in [1.807, 2.05) is 23.1 Å². The fourth-order valence-corrected chi connectivity index (χ4v) is 4.15. The predicted octanol–water partition coefficient (Wildman–Crippen LogP) is 2.17. The van der Waals surface area contributed by atoms with Gasteiger partial charge in [-0.15, -0.1) is 0 Å². The number of nitrogens with zero attached hydrogens (tertiary/aromatic N) is 3. The zero-order chi connectivity index (χ0) is 23.2. The van der Waals surface area contributed by atoms with Crippen LogP contribution in [0.25, 0.3) is 0 Å². The molecule has 2 aromatic carbocycles. The van der Waals surface area contributed by atoms with Crippen molar-refractivity contribution in [1.82, 2.24) is 14.7 Å². The van der Waals surface area contributed by atoms with Gasteiger partial charge in [-0.2, -0.15) is 0 Å². The summed E-state index contributed by atoms with van der Waals surface area (Å²) in [6.45, 7) is 7.13.